The Morgan fingerprint density at radius 1 is 1.56 bits per heavy atom. The summed E-state index contributed by atoms with van der Waals surface area (Å²) >= 11 is 1.68. The Hall–Kier alpha value is -0.700. The van der Waals surface area contributed by atoms with E-state index < -0.39 is 0 Å². The Morgan fingerprint density at radius 2 is 2.44 bits per heavy atom. The molecule has 0 aromatic heterocycles. The molecule has 2 atom stereocenters. The lowest BCUT2D eigenvalue weighted by Gasteiger charge is -2.30. The molecule has 2 aliphatic rings. The number of nitrogens with two attached hydrogens (primary N) is 1. The van der Waals surface area contributed by atoms with Crippen molar-refractivity contribution >= 4 is 16.9 Å². The van der Waals surface area contributed by atoms with Gasteiger partial charge in [-0.15, -0.1) is 0 Å². The van der Waals surface area contributed by atoms with Gasteiger partial charge in [0.1, 0.15) is 0 Å². The lowest BCUT2D eigenvalue weighted by molar-refractivity contribution is 0.381. The monoisotopic (exact) mass is 236 g/mol. The van der Waals surface area contributed by atoms with Crippen LogP contribution in [0.3, 0.4) is 0 Å². The van der Waals surface area contributed by atoms with Crippen LogP contribution >= 0.6 is 11.8 Å². The van der Waals surface area contributed by atoms with Crippen LogP contribution in [0.15, 0.2) is 29.3 Å². The molecule has 2 N–H and O–H groups in total. The van der Waals surface area contributed by atoms with Crippen molar-refractivity contribution < 1.29 is 0 Å². The fourth-order valence-corrected chi connectivity index (χ4v) is 3.29. The summed E-state index contributed by atoms with van der Waals surface area (Å²) in [5.41, 5.74) is 5.89. The quantitative estimate of drug-likeness (QED) is 0.817. The summed E-state index contributed by atoms with van der Waals surface area (Å²) in [5, 5.41) is 0.771. The van der Waals surface area contributed by atoms with Gasteiger partial charge in [-0.3, -0.25) is 4.99 Å². The number of amidine groups is 1. The molecular weight excluding hydrogens is 216 g/mol. The summed E-state index contributed by atoms with van der Waals surface area (Å²) in [6.45, 7) is 2.24. The van der Waals surface area contributed by atoms with E-state index in [0.717, 1.165) is 23.8 Å². The van der Waals surface area contributed by atoms with Gasteiger partial charge in [0.25, 0.3) is 0 Å². The zero-order chi connectivity index (χ0) is 11.4. The van der Waals surface area contributed by atoms with Crippen molar-refractivity contribution in [2.24, 2.45) is 16.6 Å². The van der Waals surface area contributed by atoms with Gasteiger partial charge in [0.05, 0.1) is 5.54 Å². The van der Waals surface area contributed by atoms with Gasteiger partial charge in [0.2, 0.25) is 0 Å². The van der Waals surface area contributed by atoms with Gasteiger partial charge in [0, 0.05) is 5.75 Å². The van der Waals surface area contributed by atoms with Crippen LogP contribution in [0.2, 0.25) is 0 Å². The fourth-order valence-electron chi connectivity index (χ4n) is 2.25. The Labute approximate surface area is 102 Å². The molecule has 2 rings (SSSR count). The van der Waals surface area contributed by atoms with Crippen molar-refractivity contribution in [2.75, 3.05) is 5.75 Å². The third-order valence-corrected chi connectivity index (χ3v) is 4.19. The van der Waals surface area contributed by atoms with E-state index in [4.69, 9.17) is 5.73 Å². The highest BCUT2D eigenvalue weighted by Crippen LogP contribution is 2.32. The Kier molecular flexibility index (Phi) is 3.74. The van der Waals surface area contributed by atoms with Gasteiger partial charge in [-0.05, 0) is 38.5 Å². The maximum absolute atomic E-state index is 5.81. The molecule has 0 fully saturated rings. The molecular formula is C13H20N2S. The summed E-state index contributed by atoms with van der Waals surface area (Å²) in [7, 11) is 0. The van der Waals surface area contributed by atoms with Crippen LogP contribution in [0, 0.1) is 5.92 Å². The maximum atomic E-state index is 5.81. The van der Waals surface area contributed by atoms with Gasteiger partial charge in [-0.1, -0.05) is 36.1 Å². The zero-order valence-electron chi connectivity index (χ0n) is 9.86. The van der Waals surface area contributed by atoms with Gasteiger partial charge in [-0.2, -0.15) is 0 Å². The standard InChI is InChI=1S/C13H20N2S/c1-13(9-10-16-12(14)15-13)8-7-11-5-3-2-4-6-11/h2-5,11H,6-10H2,1H3,(H2,14,15). The van der Waals surface area contributed by atoms with Crippen molar-refractivity contribution in [3.63, 3.8) is 0 Å². The number of thioether (sulfide) groups is 1. The molecule has 0 aromatic rings. The predicted molar refractivity (Wildman–Crippen MR) is 72.7 cm³/mol. The van der Waals surface area contributed by atoms with E-state index in [1.165, 1.54) is 12.8 Å². The first-order valence-electron chi connectivity index (χ1n) is 5.99. The summed E-state index contributed by atoms with van der Waals surface area (Å²) in [6, 6.07) is 0. The molecule has 1 heterocycles. The summed E-state index contributed by atoms with van der Waals surface area (Å²) in [4.78, 5) is 4.61. The number of rotatable bonds is 3. The summed E-state index contributed by atoms with van der Waals surface area (Å²) in [6.07, 6.45) is 13.6. The Balaban J connectivity index is 1.87. The van der Waals surface area contributed by atoms with E-state index in [1.54, 1.807) is 11.8 Å². The molecule has 0 amide bonds. The number of aliphatic imine (C=N–C) groups is 1. The normalized spacial score (nSPS) is 33.8. The lowest BCUT2D eigenvalue weighted by atomic mass is 9.86. The van der Waals surface area contributed by atoms with Crippen LogP contribution in [-0.4, -0.2) is 16.5 Å². The second-order valence-corrected chi connectivity index (χ2v) is 6.01. The highest BCUT2D eigenvalue weighted by Gasteiger charge is 2.27. The summed E-state index contributed by atoms with van der Waals surface area (Å²) in [5.74, 6) is 1.82. The minimum absolute atomic E-state index is 0.0876. The zero-order valence-corrected chi connectivity index (χ0v) is 10.7. The molecule has 0 saturated heterocycles. The van der Waals surface area contributed by atoms with E-state index in [0.29, 0.717) is 5.92 Å². The van der Waals surface area contributed by atoms with Crippen LogP contribution in [0.5, 0.6) is 0 Å². The molecule has 0 aromatic carbocycles. The second kappa shape index (κ2) is 5.09. The fraction of sp³-hybridized carbons (Fsp3) is 0.615. The van der Waals surface area contributed by atoms with Gasteiger partial charge in [0.15, 0.2) is 5.17 Å². The van der Waals surface area contributed by atoms with E-state index >= 15 is 0 Å². The number of hydrogen-bond donors (Lipinski definition) is 1. The molecule has 88 valence electrons. The number of allylic oxidation sites excluding steroid dienone is 4. The number of nitrogens with zero attached hydrogens (tertiary/aromatic N) is 1. The molecule has 0 radical (unpaired) electrons. The predicted octanol–water partition coefficient (Wildman–Crippen LogP) is 3.11. The van der Waals surface area contributed by atoms with Crippen LogP contribution in [0.25, 0.3) is 0 Å². The highest BCUT2D eigenvalue weighted by atomic mass is 32.2. The summed E-state index contributed by atoms with van der Waals surface area (Å²) < 4.78 is 0. The van der Waals surface area contributed by atoms with Crippen molar-refractivity contribution in [1.29, 1.82) is 0 Å². The van der Waals surface area contributed by atoms with E-state index in [-0.39, 0.29) is 5.54 Å². The SMILES string of the molecule is CC1(CCC2C=CC=CC2)CCSC(N)=N1. The molecule has 0 spiro atoms. The lowest BCUT2D eigenvalue weighted by Crippen LogP contribution is -2.31. The van der Waals surface area contributed by atoms with Crippen molar-refractivity contribution in [3.8, 4) is 0 Å². The molecule has 16 heavy (non-hydrogen) atoms. The van der Waals surface area contributed by atoms with Gasteiger partial charge >= 0.3 is 0 Å². The van der Waals surface area contributed by atoms with Crippen molar-refractivity contribution in [3.05, 3.63) is 24.3 Å². The third-order valence-electron chi connectivity index (χ3n) is 3.39. The third kappa shape index (κ3) is 3.14. The average molecular weight is 236 g/mol. The second-order valence-electron chi connectivity index (χ2n) is 4.89. The first-order chi connectivity index (χ1) is 7.68. The van der Waals surface area contributed by atoms with Crippen molar-refractivity contribution in [2.45, 2.75) is 38.1 Å². The molecule has 3 heteroatoms. The number of hydrogen-bond acceptors (Lipinski definition) is 3. The molecule has 0 bridgehead atoms. The molecule has 1 aliphatic heterocycles. The Bertz CT molecular complexity index is 333. The molecule has 0 saturated carbocycles. The van der Waals surface area contributed by atoms with Crippen LogP contribution in [0.1, 0.15) is 32.6 Å². The van der Waals surface area contributed by atoms with Gasteiger partial charge < -0.3 is 5.73 Å². The first-order valence-corrected chi connectivity index (χ1v) is 6.98. The molecule has 1 aliphatic carbocycles. The maximum Gasteiger partial charge on any atom is 0.154 e. The minimum atomic E-state index is 0.0876. The van der Waals surface area contributed by atoms with Crippen molar-refractivity contribution in [1.82, 2.24) is 0 Å². The molecule has 2 unspecified atom stereocenters. The highest BCUT2D eigenvalue weighted by molar-refractivity contribution is 8.13. The van der Waals surface area contributed by atoms with Crippen LogP contribution in [-0.2, 0) is 0 Å². The van der Waals surface area contributed by atoms with Crippen LogP contribution < -0.4 is 5.73 Å². The van der Waals surface area contributed by atoms with E-state index in [9.17, 15) is 0 Å². The van der Waals surface area contributed by atoms with Gasteiger partial charge in [-0.25, -0.2) is 0 Å². The average Bonchev–Trinajstić information content (AvgIpc) is 2.28. The van der Waals surface area contributed by atoms with E-state index in [2.05, 4.69) is 36.2 Å². The first kappa shape index (κ1) is 11.8. The largest absolute Gasteiger partial charge is 0.379 e. The smallest absolute Gasteiger partial charge is 0.154 e. The van der Waals surface area contributed by atoms with E-state index in [1.807, 2.05) is 0 Å². The van der Waals surface area contributed by atoms with Crippen LogP contribution in [0.4, 0.5) is 0 Å². The minimum Gasteiger partial charge on any atom is -0.379 e. The molecule has 2 nitrogen and oxygen atoms in total. The topological polar surface area (TPSA) is 38.4 Å². The Morgan fingerprint density at radius 3 is 3.12 bits per heavy atom.